The smallest absolute Gasteiger partial charge is 0.251 e. The molecule has 1 rings (SSSR count). The molecule has 0 aliphatic rings. The standard InChI is InChI=1S/C8H9BrN2O/c1-11-6-4-2-3-5(9)7(6)8(10)12/h2-4,11H,1H3,(H2,10,12). The topological polar surface area (TPSA) is 55.1 Å². The number of nitrogens with two attached hydrogens (primary N) is 1. The SMILES string of the molecule is CNc1cccc(Br)c1C(N)=O. The number of benzene rings is 1. The average molecular weight is 229 g/mol. The van der Waals surface area contributed by atoms with Gasteiger partial charge in [-0.1, -0.05) is 6.07 Å². The maximum absolute atomic E-state index is 11.0. The van der Waals surface area contributed by atoms with Crippen LogP contribution in [0.4, 0.5) is 5.69 Å². The number of hydrogen-bond acceptors (Lipinski definition) is 2. The first-order valence-corrected chi connectivity index (χ1v) is 4.22. The van der Waals surface area contributed by atoms with Crippen LogP contribution in [0.1, 0.15) is 10.4 Å². The molecule has 0 spiro atoms. The summed E-state index contributed by atoms with van der Waals surface area (Å²) in [6.45, 7) is 0. The number of primary amides is 1. The zero-order valence-electron chi connectivity index (χ0n) is 6.60. The van der Waals surface area contributed by atoms with Crippen LogP contribution in [-0.2, 0) is 0 Å². The lowest BCUT2D eigenvalue weighted by atomic mass is 10.1. The van der Waals surface area contributed by atoms with Gasteiger partial charge < -0.3 is 11.1 Å². The Morgan fingerprint density at radius 2 is 2.25 bits per heavy atom. The highest BCUT2D eigenvalue weighted by molar-refractivity contribution is 9.10. The number of carbonyl (C=O) groups is 1. The molecule has 4 heteroatoms. The molecule has 0 heterocycles. The van der Waals surface area contributed by atoms with Crippen molar-refractivity contribution in [1.82, 2.24) is 0 Å². The Kier molecular flexibility index (Phi) is 2.70. The third-order valence-electron chi connectivity index (χ3n) is 1.53. The Labute approximate surface area is 79.1 Å². The number of amides is 1. The Hall–Kier alpha value is -1.03. The van der Waals surface area contributed by atoms with Crippen molar-refractivity contribution in [1.29, 1.82) is 0 Å². The summed E-state index contributed by atoms with van der Waals surface area (Å²) in [6.07, 6.45) is 0. The van der Waals surface area contributed by atoms with Gasteiger partial charge in [-0.3, -0.25) is 4.79 Å². The van der Waals surface area contributed by atoms with E-state index in [4.69, 9.17) is 5.73 Å². The van der Waals surface area contributed by atoms with E-state index in [2.05, 4.69) is 21.2 Å². The van der Waals surface area contributed by atoms with Gasteiger partial charge in [0.25, 0.3) is 5.91 Å². The lowest BCUT2D eigenvalue weighted by molar-refractivity contribution is 0.100. The predicted octanol–water partition coefficient (Wildman–Crippen LogP) is 1.59. The monoisotopic (exact) mass is 228 g/mol. The van der Waals surface area contributed by atoms with Crippen LogP contribution in [0.5, 0.6) is 0 Å². The van der Waals surface area contributed by atoms with Crippen molar-refractivity contribution >= 4 is 27.5 Å². The largest absolute Gasteiger partial charge is 0.387 e. The molecule has 0 aliphatic carbocycles. The number of anilines is 1. The molecule has 0 radical (unpaired) electrons. The summed E-state index contributed by atoms with van der Waals surface area (Å²) in [5.74, 6) is -0.438. The molecule has 1 amide bonds. The van der Waals surface area contributed by atoms with Gasteiger partial charge in [-0.15, -0.1) is 0 Å². The minimum atomic E-state index is -0.438. The zero-order chi connectivity index (χ0) is 9.14. The van der Waals surface area contributed by atoms with Gasteiger partial charge in [0.05, 0.1) is 5.56 Å². The molecule has 0 saturated carbocycles. The van der Waals surface area contributed by atoms with Gasteiger partial charge in [0.1, 0.15) is 0 Å². The number of nitrogens with one attached hydrogen (secondary N) is 1. The Bertz CT molecular complexity index is 312. The average Bonchev–Trinajstić information content (AvgIpc) is 2.03. The lowest BCUT2D eigenvalue weighted by Crippen LogP contribution is -2.14. The summed E-state index contributed by atoms with van der Waals surface area (Å²) in [5, 5.41) is 2.89. The molecule has 1 aromatic rings. The molecule has 3 N–H and O–H groups in total. The van der Waals surface area contributed by atoms with Crippen LogP contribution in [-0.4, -0.2) is 13.0 Å². The highest BCUT2D eigenvalue weighted by Gasteiger charge is 2.09. The van der Waals surface area contributed by atoms with E-state index in [0.29, 0.717) is 10.0 Å². The molecule has 12 heavy (non-hydrogen) atoms. The van der Waals surface area contributed by atoms with Gasteiger partial charge >= 0.3 is 0 Å². The fraction of sp³-hybridized carbons (Fsp3) is 0.125. The quantitative estimate of drug-likeness (QED) is 0.808. The molecule has 0 unspecified atom stereocenters. The first kappa shape index (κ1) is 9.06. The van der Waals surface area contributed by atoms with Crippen molar-refractivity contribution in [2.45, 2.75) is 0 Å². The van der Waals surface area contributed by atoms with Crippen LogP contribution < -0.4 is 11.1 Å². The maximum Gasteiger partial charge on any atom is 0.251 e. The third-order valence-corrected chi connectivity index (χ3v) is 2.19. The van der Waals surface area contributed by atoms with Crippen molar-refractivity contribution < 1.29 is 4.79 Å². The van der Waals surface area contributed by atoms with Gasteiger partial charge in [-0.2, -0.15) is 0 Å². The molecule has 0 fully saturated rings. The second-order valence-corrected chi connectivity index (χ2v) is 3.13. The van der Waals surface area contributed by atoms with Gasteiger partial charge in [-0.05, 0) is 28.1 Å². The van der Waals surface area contributed by atoms with Gasteiger partial charge in [-0.25, -0.2) is 0 Å². The first-order valence-electron chi connectivity index (χ1n) is 3.43. The summed E-state index contributed by atoms with van der Waals surface area (Å²) in [5.41, 5.74) is 6.40. The van der Waals surface area contributed by atoms with Gasteiger partial charge in [0, 0.05) is 17.2 Å². The summed E-state index contributed by atoms with van der Waals surface area (Å²) >= 11 is 3.25. The Morgan fingerprint density at radius 3 is 2.67 bits per heavy atom. The predicted molar refractivity (Wildman–Crippen MR) is 52.2 cm³/mol. The van der Waals surface area contributed by atoms with Crippen LogP contribution in [0.2, 0.25) is 0 Å². The number of rotatable bonds is 2. The summed E-state index contributed by atoms with van der Waals surface area (Å²) in [6, 6.07) is 5.41. The van der Waals surface area contributed by atoms with Crippen LogP contribution in [0.15, 0.2) is 22.7 Å². The first-order chi connectivity index (χ1) is 5.66. The van der Waals surface area contributed by atoms with Gasteiger partial charge in [0.15, 0.2) is 0 Å². The number of halogens is 1. The minimum Gasteiger partial charge on any atom is -0.387 e. The van der Waals surface area contributed by atoms with E-state index in [0.717, 1.165) is 5.69 Å². The zero-order valence-corrected chi connectivity index (χ0v) is 8.18. The third kappa shape index (κ3) is 1.58. The molecule has 0 aromatic heterocycles. The molecule has 1 aromatic carbocycles. The fourth-order valence-corrected chi connectivity index (χ4v) is 1.54. The molecule has 3 nitrogen and oxygen atoms in total. The van der Waals surface area contributed by atoms with Crippen molar-refractivity contribution in [3.8, 4) is 0 Å². The lowest BCUT2D eigenvalue weighted by Gasteiger charge is -2.06. The summed E-state index contributed by atoms with van der Waals surface area (Å²) in [7, 11) is 1.74. The van der Waals surface area contributed by atoms with E-state index in [1.54, 1.807) is 19.2 Å². The van der Waals surface area contributed by atoms with Crippen LogP contribution in [0.3, 0.4) is 0 Å². The van der Waals surface area contributed by atoms with Crippen molar-refractivity contribution in [3.05, 3.63) is 28.2 Å². The van der Waals surface area contributed by atoms with Crippen molar-refractivity contribution in [3.63, 3.8) is 0 Å². The van der Waals surface area contributed by atoms with Crippen LogP contribution in [0.25, 0.3) is 0 Å². The molecular formula is C8H9BrN2O. The van der Waals surface area contributed by atoms with E-state index in [1.807, 2.05) is 6.07 Å². The summed E-state index contributed by atoms with van der Waals surface area (Å²) < 4.78 is 0.710. The molecule has 0 aliphatic heterocycles. The fourth-order valence-electron chi connectivity index (χ4n) is 0.983. The normalized spacial score (nSPS) is 9.50. The van der Waals surface area contributed by atoms with E-state index >= 15 is 0 Å². The van der Waals surface area contributed by atoms with E-state index < -0.39 is 5.91 Å². The second kappa shape index (κ2) is 3.58. The number of hydrogen-bond donors (Lipinski definition) is 2. The highest BCUT2D eigenvalue weighted by Crippen LogP contribution is 2.23. The van der Waals surface area contributed by atoms with Crippen LogP contribution >= 0.6 is 15.9 Å². The van der Waals surface area contributed by atoms with E-state index in [1.165, 1.54) is 0 Å². The van der Waals surface area contributed by atoms with Crippen molar-refractivity contribution in [2.75, 3.05) is 12.4 Å². The molecule has 64 valence electrons. The van der Waals surface area contributed by atoms with Crippen LogP contribution in [0, 0.1) is 0 Å². The van der Waals surface area contributed by atoms with Gasteiger partial charge in [0.2, 0.25) is 0 Å². The molecule has 0 saturated heterocycles. The molecular weight excluding hydrogens is 220 g/mol. The Balaban J connectivity index is 3.29. The Morgan fingerprint density at radius 1 is 1.58 bits per heavy atom. The maximum atomic E-state index is 11.0. The molecule has 0 atom stereocenters. The number of carbonyl (C=O) groups excluding carboxylic acids is 1. The minimum absolute atomic E-state index is 0.438. The molecule has 0 bridgehead atoms. The van der Waals surface area contributed by atoms with E-state index in [9.17, 15) is 4.79 Å². The summed E-state index contributed by atoms with van der Waals surface area (Å²) in [4.78, 5) is 11.0. The van der Waals surface area contributed by atoms with Crippen molar-refractivity contribution in [2.24, 2.45) is 5.73 Å². The van der Waals surface area contributed by atoms with E-state index in [-0.39, 0.29) is 0 Å². The second-order valence-electron chi connectivity index (χ2n) is 2.28. The highest BCUT2D eigenvalue weighted by atomic mass is 79.9.